The van der Waals surface area contributed by atoms with E-state index >= 15 is 0 Å². The molecular formula is C15H20N2O5S. The first-order chi connectivity index (χ1) is 10.7. The number of carbonyl (C=O) groups excluding carboxylic acids is 1. The molecule has 0 spiro atoms. The minimum atomic E-state index is -3.94. The average Bonchev–Trinajstić information content (AvgIpc) is 2.90. The van der Waals surface area contributed by atoms with Crippen molar-refractivity contribution in [3.8, 4) is 0 Å². The van der Waals surface area contributed by atoms with Gasteiger partial charge in [-0.05, 0) is 36.6 Å². The lowest BCUT2D eigenvalue weighted by molar-refractivity contribution is -0.140. The predicted molar refractivity (Wildman–Crippen MR) is 84.6 cm³/mol. The highest BCUT2D eigenvalue weighted by Crippen LogP contribution is 2.23. The molecule has 2 rings (SSSR count). The zero-order valence-electron chi connectivity index (χ0n) is 13.0. The number of hydrogen-bond donors (Lipinski definition) is 2. The van der Waals surface area contributed by atoms with Crippen molar-refractivity contribution in [1.29, 1.82) is 0 Å². The first-order valence-electron chi connectivity index (χ1n) is 7.38. The third-order valence-electron chi connectivity index (χ3n) is 3.75. The Morgan fingerprint density at radius 1 is 1.26 bits per heavy atom. The second-order valence-electron chi connectivity index (χ2n) is 5.82. The second-order valence-corrected chi connectivity index (χ2v) is 7.54. The van der Waals surface area contributed by atoms with Crippen LogP contribution in [-0.2, 0) is 19.6 Å². The van der Waals surface area contributed by atoms with Crippen LogP contribution >= 0.6 is 0 Å². The van der Waals surface area contributed by atoms with E-state index in [1.54, 1.807) is 30.9 Å². The van der Waals surface area contributed by atoms with Gasteiger partial charge in [-0.25, -0.2) is 8.42 Å². The number of carbonyl (C=O) groups is 2. The summed E-state index contributed by atoms with van der Waals surface area (Å²) < 4.78 is 26.8. The molecule has 1 atom stereocenters. The highest BCUT2D eigenvalue weighted by Gasteiger charge is 2.28. The maximum Gasteiger partial charge on any atom is 0.322 e. The van der Waals surface area contributed by atoms with Gasteiger partial charge in [0.15, 0.2) is 0 Å². The fourth-order valence-electron chi connectivity index (χ4n) is 2.43. The average molecular weight is 340 g/mol. The van der Waals surface area contributed by atoms with Crippen molar-refractivity contribution in [1.82, 2.24) is 4.72 Å². The van der Waals surface area contributed by atoms with Crippen LogP contribution in [0, 0.1) is 5.92 Å². The van der Waals surface area contributed by atoms with Gasteiger partial charge < -0.3 is 10.0 Å². The monoisotopic (exact) mass is 340 g/mol. The number of amides is 1. The summed E-state index contributed by atoms with van der Waals surface area (Å²) in [4.78, 5) is 24.4. The van der Waals surface area contributed by atoms with Crippen LogP contribution in [0.4, 0.5) is 5.69 Å². The van der Waals surface area contributed by atoms with Gasteiger partial charge in [0.1, 0.15) is 6.04 Å². The van der Waals surface area contributed by atoms with Gasteiger partial charge in [0.25, 0.3) is 0 Å². The normalized spacial score (nSPS) is 16.8. The number of carboxylic acids is 1. The Labute approximate surface area is 135 Å². The number of aliphatic carboxylic acids is 1. The van der Waals surface area contributed by atoms with E-state index in [1.807, 2.05) is 0 Å². The zero-order valence-corrected chi connectivity index (χ0v) is 13.8. The van der Waals surface area contributed by atoms with Gasteiger partial charge in [0.05, 0.1) is 4.90 Å². The molecule has 1 aromatic rings. The maximum atomic E-state index is 12.3. The summed E-state index contributed by atoms with van der Waals surface area (Å²) in [6, 6.07) is 4.68. The minimum Gasteiger partial charge on any atom is -0.480 e. The Morgan fingerprint density at radius 3 is 2.30 bits per heavy atom. The molecule has 7 nitrogen and oxygen atoms in total. The highest BCUT2D eigenvalue weighted by molar-refractivity contribution is 7.89. The summed E-state index contributed by atoms with van der Waals surface area (Å²) in [5.41, 5.74) is 0.644. The molecule has 1 amide bonds. The number of anilines is 1. The third kappa shape index (κ3) is 3.89. The SMILES string of the molecule is CC(C)[C@@H](NS(=O)(=O)c1ccc(N2CCCC2=O)cc1)C(=O)O. The summed E-state index contributed by atoms with van der Waals surface area (Å²) >= 11 is 0. The van der Waals surface area contributed by atoms with E-state index in [1.165, 1.54) is 12.1 Å². The molecule has 8 heteroatoms. The van der Waals surface area contributed by atoms with Crippen LogP contribution in [0.15, 0.2) is 29.2 Å². The van der Waals surface area contributed by atoms with Gasteiger partial charge >= 0.3 is 5.97 Å². The Morgan fingerprint density at radius 2 is 1.87 bits per heavy atom. The van der Waals surface area contributed by atoms with Gasteiger partial charge in [-0.2, -0.15) is 4.72 Å². The van der Waals surface area contributed by atoms with Crippen LogP contribution in [0.3, 0.4) is 0 Å². The molecule has 0 aromatic heterocycles. The second kappa shape index (κ2) is 6.67. The standard InChI is InChI=1S/C15H20N2O5S/c1-10(2)14(15(19)20)16-23(21,22)12-7-5-11(6-8-12)17-9-3-4-13(17)18/h5-8,10,14,16H,3-4,9H2,1-2H3,(H,19,20)/t14-/m1/s1. The molecule has 126 valence electrons. The van der Waals surface area contributed by atoms with Crippen LogP contribution in [0.25, 0.3) is 0 Å². The predicted octanol–water partition coefficient (Wildman–Crippen LogP) is 1.20. The topological polar surface area (TPSA) is 104 Å². The summed E-state index contributed by atoms with van der Waals surface area (Å²) in [6.45, 7) is 3.88. The number of benzene rings is 1. The highest BCUT2D eigenvalue weighted by atomic mass is 32.2. The molecule has 2 N–H and O–H groups in total. The number of carboxylic acid groups (broad SMARTS) is 1. The van der Waals surface area contributed by atoms with Crippen LogP contribution in [0.2, 0.25) is 0 Å². The van der Waals surface area contributed by atoms with Crippen LogP contribution in [-0.4, -0.2) is 38.0 Å². The molecular weight excluding hydrogens is 320 g/mol. The fraction of sp³-hybridized carbons (Fsp3) is 0.467. The summed E-state index contributed by atoms with van der Waals surface area (Å²) in [7, 11) is -3.94. The fourth-order valence-corrected chi connectivity index (χ4v) is 3.77. The molecule has 1 aliphatic rings. The lowest BCUT2D eigenvalue weighted by Gasteiger charge is -2.19. The number of hydrogen-bond acceptors (Lipinski definition) is 4. The molecule has 1 heterocycles. The van der Waals surface area contributed by atoms with Crippen molar-refractivity contribution in [2.45, 2.75) is 37.6 Å². The summed E-state index contributed by atoms with van der Waals surface area (Å²) in [6.07, 6.45) is 1.28. The van der Waals surface area contributed by atoms with Gasteiger partial charge in [-0.15, -0.1) is 0 Å². The lowest BCUT2D eigenvalue weighted by Crippen LogP contribution is -2.44. The molecule has 1 fully saturated rings. The third-order valence-corrected chi connectivity index (χ3v) is 5.20. The first kappa shape index (κ1) is 17.4. The van der Waals surface area contributed by atoms with E-state index in [2.05, 4.69) is 4.72 Å². The Balaban J connectivity index is 2.20. The van der Waals surface area contributed by atoms with Crippen LogP contribution < -0.4 is 9.62 Å². The number of sulfonamides is 1. The van der Waals surface area contributed by atoms with Crippen molar-refractivity contribution in [3.63, 3.8) is 0 Å². The number of nitrogens with one attached hydrogen (secondary N) is 1. The van der Waals surface area contributed by atoms with Gasteiger partial charge in [0, 0.05) is 18.7 Å². The number of rotatable bonds is 6. The smallest absolute Gasteiger partial charge is 0.322 e. The quantitative estimate of drug-likeness (QED) is 0.810. The van der Waals surface area contributed by atoms with Gasteiger partial charge in [0.2, 0.25) is 15.9 Å². The molecule has 1 aliphatic heterocycles. The lowest BCUT2D eigenvalue weighted by atomic mass is 10.1. The van der Waals surface area contributed by atoms with Crippen molar-refractivity contribution in [2.24, 2.45) is 5.92 Å². The van der Waals surface area contributed by atoms with E-state index < -0.39 is 22.0 Å². The maximum absolute atomic E-state index is 12.3. The van der Waals surface area contributed by atoms with Crippen molar-refractivity contribution in [3.05, 3.63) is 24.3 Å². The van der Waals surface area contributed by atoms with Crippen LogP contribution in [0.5, 0.6) is 0 Å². The molecule has 0 unspecified atom stereocenters. The van der Waals surface area contributed by atoms with E-state index in [9.17, 15) is 18.0 Å². The molecule has 0 bridgehead atoms. The van der Waals surface area contributed by atoms with Crippen LogP contribution in [0.1, 0.15) is 26.7 Å². The Hall–Kier alpha value is -1.93. The molecule has 0 saturated carbocycles. The van der Waals surface area contributed by atoms with Crippen molar-refractivity contribution < 1.29 is 23.1 Å². The zero-order chi connectivity index (χ0) is 17.2. The summed E-state index contributed by atoms with van der Waals surface area (Å²) in [5, 5.41) is 9.10. The molecule has 1 saturated heterocycles. The van der Waals surface area contributed by atoms with E-state index in [4.69, 9.17) is 5.11 Å². The van der Waals surface area contributed by atoms with Gasteiger partial charge in [-0.3, -0.25) is 9.59 Å². The summed E-state index contributed by atoms with van der Waals surface area (Å²) in [5.74, 6) is -1.59. The molecule has 1 aromatic carbocycles. The van der Waals surface area contributed by atoms with Gasteiger partial charge in [-0.1, -0.05) is 13.8 Å². The first-order valence-corrected chi connectivity index (χ1v) is 8.86. The largest absolute Gasteiger partial charge is 0.480 e. The van der Waals surface area contributed by atoms with E-state index in [0.29, 0.717) is 18.7 Å². The molecule has 0 radical (unpaired) electrons. The Kier molecular flexibility index (Phi) is 5.06. The molecule has 0 aliphatic carbocycles. The van der Waals surface area contributed by atoms with Crippen molar-refractivity contribution >= 4 is 27.6 Å². The minimum absolute atomic E-state index is 0.0180. The Bertz CT molecular complexity index is 697. The van der Waals surface area contributed by atoms with E-state index in [0.717, 1.165) is 6.42 Å². The molecule has 23 heavy (non-hydrogen) atoms. The number of nitrogens with zero attached hydrogens (tertiary/aromatic N) is 1. The van der Waals surface area contributed by atoms with E-state index in [-0.39, 0.29) is 16.7 Å². The van der Waals surface area contributed by atoms with Crippen molar-refractivity contribution in [2.75, 3.05) is 11.4 Å².